The van der Waals surface area contributed by atoms with Crippen molar-refractivity contribution < 1.29 is 0 Å². The second-order valence-electron chi connectivity index (χ2n) is 4.43. The molecular formula is C16H12P2S4. The number of hydrogen-bond donors (Lipinski definition) is 0. The van der Waals surface area contributed by atoms with Gasteiger partial charge in [0.15, 0.2) is 0 Å². The highest BCUT2D eigenvalue weighted by molar-refractivity contribution is 8.44. The highest BCUT2D eigenvalue weighted by atomic mass is 32.2. The van der Waals surface area contributed by atoms with Crippen LogP contribution in [0.15, 0.2) is 70.1 Å². The standard InChI is InChI=1S/C16H12P2S4/c1-5-13(19-9-1)17(14-6-2-10-20-14)18(15-7-3-11-21-15)16-8-4-12-22-16/h1-12H. The first-order valence-electron chi connectivity index (χ1n) is 6.68. The van der Waals surface area contributed by atoms with Crippen molar-refractivity contribution in [1.29, 1.82) is 0 Å². The quantitative estimate of drug-likeness (QED) is 0.397. The zero-order valence-corrected chi connectivity index (χ0v) is 16.5. The molecule has 0 unspecified atom stereocenters. The third-order valence-electron chi connectivity index (χ3n) is 3.06. The molecule has 4 rings (SSSR count). The van der Waals surface area contributed by atoms with Gasteiger partial charge in [0.1, 0.15) is 0 Å². The van der Waals surface area contributed by atoms with Gasteiger partial charge in [0.05, 0.1) is 0 Å². The largest absolute Gasteiger partial charge is 0.143 e. The minimum Gasteiger partial charge on any atom is -0.143 e. The van der Waals surface area contributed by atoms with Gasteiger partial charge in [-0.05, 0) is 45.8 Å². The van der Waals surface area contributed by atoms with Gasteiger partial charge in [0.2, 0.25) is 0 Å². The Kier molecular flexibility index (Phi) is 4.87. The molecular weight excluding hydrogens is 382 g/mol. The summed E-state index contributed by atoms with van der Waals surface area (Å²) < 4.78 is 6.19. The van der Waals surface area contributed by atoms with E-state index in [1.165, 1.54) is 0 Å². The van der Waals surface area contributed by atoms with E-state index in [1.807, 2.05) is 45.3 Å². The highest BCUT2D eigenvalue weighted by Crippen LogP contribution is 2.67. The van der Waals surface area contributed by atoms with E-state index in [-0.39, 0.29) is 15.2 Å². The minimum absolute atomic E-state index is 0.319. The summed E-state index contributed by atoms with van der Waals surface area (Å²) in [5, 5.41) is 8.87. The van der Waals surface area contributed by atoms with Crippen molar-refractivity contribution in [2.45, 2.75) is 0 Å². The van der Waals surface area contributed by atoms with Crippen molar-refractivity contribution in [2.24, 2.45) is 0 Å². The van der Waals surface area contributed by atoms with Crippen molar-refractivity contribution in [3.8, 4) is 0 Å². The minimum atomic E-state index is -0.319. The molecule has 4 heterocycles. The Balaban J connectivity index is 1.88. The fraction of sp³-hybridized carbons (Fsp3) is 0. The van der Waals surface area contributed by atoms with E-state index in [0.717, 1.165) is 0 Å². The van der Waals surface area contributed by atoms with Crippen LogP contribution in [0, 0.1) is 0 Å². The summed E-state index contributed by atoms with van der Waals surface area (Å²) in [6, 6.07) is 18.1. The third kappa shape index (κ3) is 3.01. The van der Waals surface area contributed by atoms with Crippen molar-refractivity contribution in [1.82, 2.24) is 0 Å². The first-order valence-corrected chi connectivity index (χ1v) is 13.6. The molecule has 0 N–H and O–H groups in total. The maximum Gasteiger partial charge on any atom is 0.0382 e. The molecule has 0 bridgehead atoms. The van der Waals surface area contributed by atoms with Crippen molar-refractivity contribution in [3.63, 3.8) is 0 Å². The molecule has 0 aliphatic carbocycles. The van der Waals surface area contributed by atoms with Gasteiger partial charge in [0, 0.05) is 33.7 Å². The fourth-order valence-corrected chi connectivity index (χ4v) is 17.8. The zero-order chi connectivity index (χ0) is 14.8. The Morgan fingerprint density at radius 3 is 0.909 bits per heavy atom. The lowest BCUT2D eigenvalue weighted by molar-refractivity contribution is 2.05. The molecule has 4 aromatic heterocycles. The van der Waals surface area contributed by atoms with Crippen LogP contribution in [0.5, 0.6) is 0 Å². The smallest absolute Gasteiger partial charge is 0.0382 e. The molecule has 0 atom stereocenters. The molecule has 6 heteroatoms. The Hall–Kier alpha value is -0.340. The summed E-state index contributed by atoms with van der Waals surface area (Å²) in [6.45, 7) is 0. The molecule has 0 saturated carbocycles. The Morgan fingerprint density at radius 2 is 0.727 bits per heavy atom. The van der Waals surface area contributed by atoms with Crippen LogP contribution >= 0.6 is 60.6 Å². The first kappa shape index (κ1) is 15.2. The van der Waals surface area contributed by atoms with E-state index >= 15 is 0 Å². The predicted octanol–water partition coefficient (Wildman–Crippen LogP) is 5.41. The lowest BCUT2D eigenvalue weighted by Crippen LogP contribution is -2.13. The normalized spacial score (nSPS) is 11.5. The molecule has 0 aliphatic heterocycles. The average Bonchev–Trinajstić information content (AvgIpc) is 3.35. The predicted molar refractivity (Wildman–Crippen MR) is 110 cm³/mol. The Bertz CT molecular complexity index is 648. The van der Waals surface area contributed by atoms with E-state index in [0.29, 0.717) is 0 Å². The van der Waals surface area contributed by atoms with Gasteiger partial charge in [-0.1, -0.05) is 24.3 Å². The molecule has 22 heavy (non-hydrogen) atoms. The van der Waals surface area contributed by atoms with Crippen molar-refractivity contribution in [3.05, 3.63) is 70.1 Å². The SMILES string of the molecule is c1csc(P(c2cccs2)P(c2cccs2)c2cccs2)c1. The zero-order valence-electron chi connectivity index (χ0n) is 11.5. The third-order valence-corrected chi connectivity index (χ3v) is 17.3. The maximum absolute atomic E-state index is 2.33. The van der Waals surface area contributed by atoms with Crippen LogP contribution < -0.4 is 18.5 Å². The van der Waals surface area contributed by atoms with Gasteiger partial charge >= 0.3 is 0 Å². The van der Waals surface area contributed by atoms with Gasteiger partial charge < -0.3 is 0 Å². The molecule has 4 aromatic rings. The second kappa shape index (κ2) is 7.05. The summed E-state index contributed by atoms with van der Waals surface area (Å²) in [5.74, 6) is 0. The lowest BCUT2D eigenvalue weighted by Gasteiger charge is -2.24. The molecule has 0 aliphatic rings. The number of rotatable bonds is 5. The van der Waals surface area contributed by atoms with Gasteiger partial charge in [0.25, 0.3) is 0 Å². The molecule has 0 nitrogen and oxygen atoms in total. The van der Waals surface area contributed by atoms with E-state index in [4.69, 9.17) is 0 Å². The van der Waals surface area contributed by atoms with E-state index < -0.39 is 0 Å². The van der Waals surface area contributed by atoms with Crippen LogP contribution in [0.4, 0.5) is 0 Å². The molecule has 0 saturated heterocycles. The van der Waals surface area contributed by atoms with E-state index in [9.17, 15) is 0 Å². The van der Waals surface area contributed by atoms with Crippen LogP contribution in [0.3, 0.4) is 0 Å². The molecule has 110 valence electrons. The van der Waals surface area contributed by atoms with Crippen LogP contribution in [-0.4, -0.2) is 0 Å². The summed E-state index contributed by atoms with van der Waals surface area (Å²) in [4.78, 5) is 0. The van der Waals surface area contributed by atoms with Crippen molar-refractivity contribution in [2.75, 3.05) is 0 Å². The molecule has 0 radical (unpaired) electrons. The van der Waals surface area contributed by atoms with Gasteiger partial charge in [-0.2, -0.15) is 0 Å². The molecule has 0 amide bonds. The average molecular weight is 394 g/mol. The van der Waals surface area contributed by atoms with Gasteiger partial charge in [-0.25, -0.2) is 0 Å². The summed E-state index contributed by atoms with van der Waals surface area (Å²) in [6.07, 6.45) is 0. The number of thiophene rings is 4. The number of hydrogen-bond acceptors (Lipinski definition) is 4. The Labute approximate surface area is 148 Å². The van der Waals surface area contributed by atoms with Gasteiger partial charge in [-0.15, -0.1) is 45.3 Å². The highest BCUT2D eigenvalue weighted by Gasteiger charge is 2.30. The Morgan fingerprint density at radius 1 is 0.455 bits per heavy atom. The monoisotopic (exact) mass is 394 g/mol. The fourth-order valence-electron chi connectivity index (χ4n) is 2.17. The molecule has 0 aromatic carbocycles. The van der Waals surface area contributed by atoms with Gasteiger partial charge in [-0.3, -0.25) is 0 Å². The first-order chi connectivity index (χ1) is 10.9. The van der Waals surface area contributed by atoms with Crippen molar-refractivity contribution >= 4 is 79.0 Å². The summed E-state index contributed by atoms with van der Waals surface area (Å²) in [7, 11) is -0.637. The van der Waals surface area contributed by atoms with Crippen LogP contribution in [0.25, 0.3) is 0 Å². The van der Waals surface area contributed by atoms with Crippen LogP contribution in [-0.2, 0) is 0 Å². The van der Waals surface area contributed by atoms with E-state index in [2.05, 4.69) is 70.1 Å². The molecule has 0 spiro atoms. The van der Waals surface area contributed by atoms with E-state index in [1.54, 1.807) is 18.5 Å². The second-order valence-corrected chi connectivity index (χ2v) is 15.0. The van der Waals surface area contributed by atoms with Crippen LogP contribution in [0.2, 0.25) is 0 Å². The molecule has 0 fully saturated rings. The summed E-state index contributed by atoms with van der Waals surface area (Å²) >= 11 is 7.65. The maximum atomic E-state index is 2.33. The summed E-state index contributed by atoms with van der Waals surface area (Å²) in [5.41, 5.74) is 0. The topological polar surface area (TPSA) is 0 Å². The van der Waals surface area contributed by atoms with Crippen LogP contribution in [0.1, 0.15) is 0 Å². The lowest BCUT2D eigenvalue weighted by atomic mass is 10.7.